The van der Waals surface area contributed by atoms with E-state index in [0.717, 1.165) is 19.3 Å². The highest BCUT2D eigenvalue weighted by molar-refractivity contribution is 5.80. The van der Waals surface area contributed by atoms with Crippen molar-refractivity contribution in [2.45, 2.75) is 66.3 Å². The predicted octanol–water partition coefficient (Wildman–Crippen LogP) is 3.77. The quantitative estimate of drug-likeness (QED) is 0.667. The van der Waals surface area contributed by atoms with Gasteiger partial charge in [-0.2, -0.15) is 0 Å². The third kappa shape index (κ3) is 8.58. The number of carbonyl (C=O) groups is 2. The van der Waals surface area contributed by atoms with Crippen LogP contribution < -0.4 is 0 Å². The summed E-state index contributed by atoms with van der Waals surface area (Å²) in [5, 5.41) is 9.43. The fourth-order valence-corrected chi connectivity index (χ4v) is 1.93. The van der Waals surface area contributed by atoms with Gasteiger partial charge in [0, 0.05) is 6.54 Å². The van der Waals surface area contributed by atoms with Crippen LogP contribution in [0.25, 0.3) is 0 Å². The summed E-state index contributed by atoms with van der Waals surface area (Å²) in [5.74, 6) is -0.305. The molecule has 124 valence electrons. The number of amides is 1. The Morgan fingerprint density at radius 3 is 2.14 bits per heavy atom. The second-order valence-corrected chi connectivity index (χ2v) is 6.34. The number of nitrogens with zero attached hydrogens (tertiary/aromatic N) is 1. The highest BCUT2D eigenvalue weighted by atomic mass is 16.6. The molecule has 0 aliphatic carbocycles. The van der Waals surface area contributed by atoms with E-state index in [-0.39, 0.29) is 5.92 Å². The van der Waals surface area contributed by atoms with Crippen molar-refractivity contribution in [1.29, 1.82) is 0 Å². The van der Waals surface area contributed by atoms with E-state index in [4.69, 9.17) is 4.74 Å². The van der Waals surface area contributed by atoms with Gasteiger partial charge in [-0.05, 0) is 31.1 Å². The summed E-state index contributed by atoms with van der Waals surface area (Å²) >= 11 is 0. The Bertz CT molecular complexity index is 315. The molecule has 0 rings (SSSR count). The molecule has 1 amide bonds. The molecule has 0 aromatic heterocycles. The first kappa shape index (κ1) is 19.7. The molecular formula is C16H31NO4. The average Bonchev–Trinajstić information content (AvgIpc) is 2.38. The summed E-state index contributed by atoms with van der Waals surface area (Å²) in [5.41, 5.74) is 0. The minimum Gasteiger partial charge on any atom is -0.480 e. The van der Waals surface area contributed by atoms with Crippen molar-refractivity contribution < 1.29 is 19.4 Å². The lowest BCUT2D eigenvalue weighted by atomic mass is 10.0. The maximum atomic E-state index is 12.2. The second kappa shape index (κ2) is 10.5. The molecular weight excluding hydrogens is 270 g/mol. The topological polar surface area (TPSA) is 66.8 Å². The highest BCUT2D eigenvalue weighted by Gasteiger charge is 2.30. The van der Waals surface area contributed by atoms with Crippen molar-refractivity contribution in [2.75, 3.05) is 13.2 Å². The van der Waals surface area contributed by atoms with Gasteiger partial charge in [0.05, 0.1) is 6.61 Å². The van der Waals surface area contributed by atoms with Gasteiger partial charge in [-0.15, -0.1) is 0 Å². The number of carboxylic acid groups (broad SMARTS) is 1. The molecule has 21 heavy (non-hydrogen) atoms. The van der Waals surface area contributed by atoms with Crippen molar-refractivity contribution in [3.05, 3.63) is 0 Å². The van der Waals surface area contributed by atoms with Gasteiger partial charge in [0.2, 0.25) is 0 Å². The molecule has 0 aromatic carbocycles. The second-order valence-electron chi connectivity index (χ2n) is 6.34. The molecule has 0 saturated carbocycles. The van der Waals surface area contributed by atoms with Crippen LogP contribution in [-0.2, 0) is 9.53 Å². The van der Waals surface area contributed by atoms with Crippen LogP contribution in [0.2, 0.25) is 0 Å². The Kier molecular flexibility index (Phi) is 9.84. The van der Waals surface area contributed by atoms with Gasteiger partial charge in [0.15, 0.2) is 0 Å². The zero-order chi connectivity index (χ0) is 16.4. The molecule has 1 N–H and O–H groups in total. The van der Waals surface area contributed by atoms with Gasteiger partial charge in [-0.1, -0.05) is 41.0 Å². The molecule has 0 fully saturated rings. The summed E-state index contributed by atoms with van der Waals surface area (Å²) in [7, 11) is 0. The summed E-state index contributed by atoms with van der Waals surface area (Å²) in [4.78, 5) is 25.1. The largest absolute Gasteiger partial charge is 0.480 e. The number of hydrogen-bond donors (Lipinski definition) is 1. The number of aliphatic carboxylic acids is 1. The third-order valence-corrected chi connectivity index (χ3v) is 3.21. The number of ether oxygens (including phenoxy) is 1. The zero-order valence-electron chi connectivity index (χ0n) is 14.1. The monoisotopic (exact) mass is 301 g/mol. The van der Waals surface area contributed by atoms with Gasteiger partial charge >= 0.3 is 12.1 Å². The van der Waals surface area contributed by atoms with E-state index in [0.29, 0.717) is 25.5 Å². The number of hydrogen-bond acceptors (Lipinski definition) is 3. The van der Waals surface area contributed by atoms with E-state index in [1.165, 1.54) is 4.90 Å². The Morgan fingerprint density at radius 1 is 1.10 bits per heavy atom. The molecule has 0 aromatic rings. The van der Waals surface area contributed by atoms with E-state index in [9.17, 15) is 14.7 Å². The summed E-state index contributed by atoms with van der Waals surface area (Å²) in [6.07, 6.45) is 2.42. The molecule has 5 nitrogen and oxygen atoms in total. The van der Waals surface area contributed by atoms with Gasteiger partial charge in [0.25, 0.3) is 0 Å². The van der Waals surface area contributed by atoms with Gasteiger partial charge in [0.1, 0.15) is 6.04 Å². The van der Waals surface area contributed by atoms with Crippen LogP contribution in [0.3, 0.4) is 0 Å². The predicted molar refractivity (Wildman–Crippen MR) is 83.3 cm³/mol. The lowest BCUT2D eigenvalue weighted by Gasteiger charge is -2.29. The van der Waals surface area contributed by atoms with Crippen molar-refractivity contribution in [1.82, 2.24) is 4.90 Å². The first-order chi connectivity index (χ1) is 9.79. The molecule has 0 heterocycles. The van der Waals surface area contributed by atoms with E-state index < -0.39 is 18.1 Å². The Labute approximate surface area is 128 Å². The number of rotatable bonds is 10. The van der Waals surface area contributed by atoms with Gasteiger partial charge in [-0.25, -0.2) is 9.59 Å². The molecule has 1 atom stereocenters. The number of carboxylic acids is 1. The van der Waals surface area contributed by atoms with E-state index in [1.807, 2.05) is 34.6 Å². The SMILES string of the molecule is CCCCN(C(=O)OCC(C)C)C(CCC(C)C)C(=O)O. The molecule has 0 spiro atoms. The van der Waals surface area contributed by atoms with E-state index >= 15 is 0 Å². The maximum Gasteiger partial charge on any atom is 0.410 e. The van der Waals surface area contributed by atoms with Crippen LogP contribution in [0.1, 0.15) is 60.3 Å². The smallest absolute Gasteiger partial charge is 0.410 e. The Morgan fingerprint density at radius 2 is 1.71 bits per heavy atom. The lowest BCUT2D eigenvalue weighted by Crippen LogP contribution is -2.46. The minimum absolute atomic E-state index is 0.237. The van der Waals surface area contributed by atoms with Crippen molar-refractivity contribution >= 4 is 12.1 Å². The number of carbonyl (C=O) groups excluding carboxylic acids is 1. The van der Waals surface area contributed by atoms with Crippen LogP contribution >= 0.6 is 0 Å². The molecule has 0 bridgehead atoms. The average molecular weight is 301 g/mol. The lowest BCUT2D eigenvalue weighted by molar-refractivity contribution is -0.143. The van der Waals surface area contributed by atoms with Crippen LogP contribution in [0, 0.1) is 11.8 Å². The van der Waals surface area contributed by atoms with Gasteiger partial charge < -0.3 is 9.84 Å². The summed E-state index contributed by atoms with van der Waals surface area (Å²) in [6.45, 7) is 10.8. The van der Waals surface area contributed by atoms with E-state index in [2.05, 4.69) is 0 Å². The van der Waals surface area contributed by atoms with Crippen LogP contribution in [0.4, 0.5) is 4.79 Å². The molecule has 0 aliphatic rings. The first-order valence-electron chi connectivity index (χ1n) is 7.95. The van der Waals surface area contributed by atoms with E-state index in [1.54, 1.807) is 0 Å². The Hall–Kier alpha value is -1.26. The van der Waals surface area contributed by atoms with Crippen LogP contribution in [-0.4, -0.2) is 41.3 Å². The number of unbranched alkanes of at least 4 members (excludes halogenated alkanes) is 1. The maximum absolute atomic E-state index is 12.2. The molecule has 0 radical (unpaired) electrons. The summed E-state index contributed by atoms with van der Waals surface area (Å²) in [6, 6.07) is -0.793. The Balaban J connectivity index is 4.85. The van der Waals surface area contributed by atoms with Crippen molar-refractivity contribution in [3.63, 3.8) is 0 Å². The molecule has 5 heteroatoms. The fourth-order valence-electron chi connectivity index (χ4n) is 1.93. The van der Waals surface area contributed by atoms with Crippen molar-refractivity contribution in [3.8, 4) is 0 Å². The molecule has 0 aliphatic heterocycles. The zero-order valence-corrected chi connectivity index (χ0v) is 14.1. The first-order valence-corrected chi connectivity index (χ1v) is 7.95. The third-order valence-electron chi connectivity index (χ3n) is 3.21. The highest BCUT2D eigenvalue weighted by Crippen LogP contribution is 2.15. The van der Waals surface area contributed by atoms with Gasteiger partial charge in [-0.3, -0.25) is 4.90 Å². The van der Waals surface area contributed by atoms with Crippen molar-refractivity contribution in [2.24, 2.45) is 11.8 Å². The fraction of sp³-hybridized carbons (Fsp3) is 0.875. The minimum atomic E-state index is -0.951. The molecule has 0 saturated heterocycles. The van der Waals surface area contributed by atoms with Crippen LogP contribution in [0.15, 0.2) is 0 Å². The van der Waals surface area contributed by atoms with Crippen LogP contribution in [0.5, 0.6) is 0 Å². The molecule has 1 unspecified atom stereocenters. The summed E-state index contributed by atoms with van der Waals surface area (Å²) < 4.78 is 5.22. The standard InChI is InChI=1S/C16H31NO4/c1-6-7-10-17(16(20)21-11-13(4)5)14(15(18)19)9-8-12(2)3/h12-14H,6-11H2,1-5H3,(H,18,19). The normalized spacial score (nSPS) is 12.5.